The second-order valence-corrected chi connectivity index (χ2v) is 5.63. The number of carbonyl (C=O) groups is 1. The smallest absolute Gasteiger partial charge is 0.244 e. The standard InChI is InChI=1S/C13H16BrClN2O/c1-2-16-11-4-3-7-17(13(11)18)12-6-5-9(15)8-10(12)14/h5-6,8,11,16H,2-4,7H2,1H3. The number of rotatable bonds is 3. The molecule has 0 bridgehead atoms. The van der Waals surface area contributed by atoms with E-state index in [1.807, 2.05) is 30.0 Å². The molecular formula is C13H16BrClN2O. The molecule has 98 valence electrons. The lowest BCUT2D eigenvalue weighted by atomic mass is 10.0. The lowest BCUT2D eigenvalue weighted by molar-refractivity contribution is -0.121. The van der Waals surface area contributed by atoms with Crippen molar-refractivity contribution in [2.24, 2.45) is 0 Å². The number of hydrogen-bond donors (Lipinski definition) is 1. The molecule has 1 fully saturated rings. The van der Waals surface area contributed by atoms with Crippen LogP contribution in [0.15, 0.2) is 22.7 Å². The molecule has 1 aliphatic heterocycles. The highest BCUT2D eigenvalue weighted by Crippen LogP contribution is 2.31. The van der Waals surface area contributed by atoms with E-state index in [9.17, 15) is 4.79 Å². The lowest BCUT2D eigenvalue weighted by Gasteiger charge is -2.33. The zero-order chi connectivity index (χ0) is 13.1. The minimum absolute atomic E-state index is 0.0636. The number of benzene rings is 1. The van der Waals surface area contributed by atoms with Crippen LogP contribution in [0.5, 0.6) is 0 Å². The molecule has 1 aromatic rings. The van der Waals surface area contributed by atoms with Crippen molar-refractivity contribution < 1.29 is 4.79 Å². The van der Waals surface area contributed by atoms with E-state index in [-0.39, 0.29) is 11.9 Å². The van der Waals surface area contributed by atoms with Gasteiger partial charge < -0.3 is 10.2 Å². The predicted octanol–water partition coefficient (Wildman–Crippen LogP) is 3.21. The van der Waals surface area contributed by atoms with Gasteiger partial charge in [-0.2, -0.15) is 0 Å². The Hall–Kier alpha value is -0.580. The summed E-state index contributed by atoms with van der Waals surface area (Å²) in [6.45, 7) is 3.59. The molecule has 0 aromatic heterocycles. The molecular weight excluding hydrogens is 316 g/mol. The van der Waals surface area contributed by atoms with Crippen LogP contribution in [0.3, 0.4) is 0 Å². The second kappa shape index (κ2) is 6.04. The molecule has 1 aliphatic rings. The molecule has 1 heterocycles. The van der Waals surface area contributed by atoms with Gasteiger partial charge in [0.05, 0.1) is 11.7 Å². The van der Waals surface area contributed by atoms with Crippen molar-refractivity contribution in [1.82, 2.24) is 5.32 Å². The third-order valence-electron chi connectivity index (χ3n) is 3.09. The van der Waals surface area contributed by atoms with Crippen molar-refractivity contribution in [2.45, 2.75) is 25.8 Å². The fourth-order valence-corrected chi connectivity index (χ4v) is 3.15. The number of hydrogen-bond acceptors (Lipinski definition) is 2. The topological polar surface area (TPSA) is 32.3 Å². The minimum atomic E-state index is -0.0636. The quantitative estimate of drug-likeness (QED) is 0.922. The molecule has 3 nitrogen and oxygen atoms in total. The fourth-order valence-electron chi connectivity index (χ4n) is 2.25. The molecule has 1 atom stereocenters. The highest BCUT2D eigenvalue weighted by molar-refractivity contribution is 9.10. The second-order valence-electron chi connectivity index (χ2n) is 4.34. The molecule has 0 saturated carbocycles. The molecule has 0 aliphatic carbocycles. The van der Waals surface area contributed by atoms with E-state index >= 15 is 0 Å². The first-order chi connectivity index (χ1) is 8.63. The first-order valence-electron chi connectivity index (χ1n) is 6.13. The van der Waals surface area contributed by atoms with Gasteiger partial charge in [-0.3, -0.25) is 4.79 Å². The zero-order valence-electron chi connectivity index (χ0n) is 10.2. The first kappa shape index (κ1) is 13.8. The van der Waals surface area contributed by atoms with Crippen molar-refractivity contribution in [3.63, 3.8) is 0 Å². The van der Waals surface area contributed by atoms with Crippen molar-refractivity contribution in [1.29, 1.82) is 0 Å². The van der Waals surface area contributed by atoms with E-state index in [2.05, 4.69) is 21.2 Å². The number of nitrogens with one attached hydrogen (secondary N) is 1. The van der Waals surface area contributed by atoms with E-state index in [0.29, 0.717) is 5.02 Å². The average Bonchev–Trinajstić information content (AvgIpc) is 2.33. The van der Waals surface area contributed by atoms with Gasteiger partial charge in [0.2, 0.25) is 5.91 Å². The van der Waals surface area contributed by atoms with Gasteiger partial charge in [0, 0.05) is 16.0 Å². The van der Waals surface area contributed by atoms with Gasteiger partial charge in [-0.05, 0) is 53.5 Å². The van der Waals surface area contributed by atoms with E-state index < -0.39 is 0 Å². The normalized spacial score (nSPS) is 20.3. The van der Waals surface area contributed by atoms with Gasteiger partial charge in [-0.15, -0.1) is 0 Å². The van der Waals surface area contributed by atoms with Gasteiger partial charge in [0.25, 0.3) is 0 Å². The third kappa shape index (κ3) is 2.87. The SMILES string of the molecule is CCNC1CCCN(c2ccc(Cl)cc2Br)C1=O. The van der Waals surface area contributed by atoms with Crippen LogP contribution in [0, 0.1) is 0 Å². The number of piperidine rings is 1. The summed E-state index contributed by atoms with van der Waals surface area (Å²) in [6.07, 6.45) is 1.92. The molecule has 1 aromatic carbocycles. The Morgan fingerprint density at radius 1 is 1.56 bits per heavy atom. The van der Waals surface area contributed by atoms with Crippen LogP contribution in [-0.2, 0) is 4.79 Å². The molecule has 1 N–H and O–H groups in total. The van der Waals surface area contributed by atoms with Gasteiger partial charge >= 0.3 is 0 Å². The molecule has 18 heavy (non-hydrogen) atoms. The van der Waals surface area contributed by atoms with E-state index in [1.165, 1.54) is 0 Å². The molecule has 1 unspecified atom stereocenters. The highest BCUT2D eigenvalue weighted by Gasteiger charge is 2.29. The number of nitrogens with zero attached hydrogens (tertiary/aromatic N) is 1. The summed E-state index contributed by atoms with van der Waals surface area (Å²) in [7, 11) is 0. The molecule has 2 rings (SSSR count). The summed E-state index contributed by atoms with van der Waals surface area (Å²) >= 11 is 9.40. The monoisotopic (exact) mass is 330 g/mol. The average molecular weight is 332 g/mol. The van der Waals surface area contributed by atoms with Crippen molar-refractivity contribution in [2.75, 3.05) is 18.0 Å². The van der Waals surface area contributed by atoms with Crippen LogP contribution in [0.25, 0.3) is 0 Å². The van der Waals surface area contributed by atoms with Gasteiger partial charge in [-0.1, -0.05) is 18.5 Å². The first-order valence-corrected chi connectivity index (χ1v) is 7.30. The summed E-state index contributed by atoms with van der Waals surface area (Å²) in [6, 6.07) is 5.46. The Morgan fingerprint density at radius 3 is 3.00 bits per heavy atom. The highest BCUT2D eigenvalue weighted by atomic mass is 79.9. The van der Waals surface area contributed by atoms with E-state index in [4.69, 9.17) is 11.6 Å². The van der Waals surface area contributed by atoms with Gasteiger partial charge in [-0.25, -0.2) is 0 Å². The van der Waals surface area contributed by atoms with Crippen LogP contribution in [-0.4, -0.2) is 25.0 Å². The van der Waals surface area contributed by atoms with Crippen molar-refractivity contribution >= 4 is 39.1 Å². The molecule has 1 saturated heterocycles. The third-order valence-corrected chi connectivity index (χ3v) is 3.96. The maximum Gasteiger partial charge on any atom is 0.244 e. The largest absolute Gasteiger partial charge is 0.310 e. The van der Waals surface area contributed by atoms with Crippen LogP contribution >= 0.6 is 27.5 Å². The summed E-state index contributed by atoms with van der Waals surface area (Å²) in [4.78, 5) is 14.2. The van der Waals surface area contributed by atoms with Crippen LogP contribution in [0.4, 0.5) is 5.69 Å². The van der Waals surface area contributed by atoms with Crippen molar-refractivity contribution in [3.05, 3.63) is 27.7 Å². The number of likely N-dealkylation sites (N-methyl/N-ethyl adjacent to an activating group) is 1. The van der Waals surface area contributed by atoms with Crippen LogP contribution in [0.2, 0.25) is 5.02 Å². The van der Waals surface area contributed by atoms with Gasteiger partial charge in [0.15, 0.2) is 0 Å². The Bertz CT molecular complexity index is 451. The fraction of sp³-hybridized carbons (Fsp3) is 0.462. The summed E-state index contributed by atoms with van der Waals surface area (Å²) in [5, 5.41) is 3.90. The summed E-state index contributed by atoms with van der Waals surface area (Å²) in [5.74, 6) is 0.145. The maximum atomic E-state index is 12.4. The molecule has 1 amide bonds. The van der Waals surface area contributed by atoms with Crippen LogP contribution < -0.4 is 10.2 Å². The molecule has 0 radical (unpaired) electrons. The molecule has 0 spiro atoms. The number of anilines is 1. The summed E-state index contributed by atoms with van der Waals surface area (Å²) in [5.41, 5.74) is 0.895. The Kier molecular flexibility index (Phi) is 4.65. The minimum Gasteiger partial charge on any atom is -0.310 e. The van der Waals surface area contributed by atoms with Crippen LogP contribution in [0.1, 0.15) is 19.8 Å². The van der Waals surface area contributed by atoms with E-state index in [1.54, 1.807) is 0 Å². The lowest BCUT2D eigenvalue weighted by Crippen LogP contribution is -2.50. The maximum absolute atomic E-state index is 12.4. The van der Waals surface area contributed by atoms with E-state index in [0.717, 1.165) is 36.1 Å². The van der Waals surface area contributed by atoms with Crippen molar-refractivity contribution in [3.8, 4) is 0 Å². The zero-order valence-corrected chi connectivity index (χ0v) is 12.6. The Morgan fingerprint density at radius 2 is 2.33 bits per heavy atom. The van der Waals surface area contributed by atoms with Gasteiger partial charge in [0.1, 0.15) is 0 Å². The Balaban J connectivity index is 2.24. The number of carbonyl (C=O) groups excluding carboxylic acids is 1. The number of halogens is 2. The molecule has 5 heteroatoms. The Labute approximate surface area is 121 Å². The predicted molar refractivity (Wildman–Crippen MR) is 78.2 cm³/mol. The number of amides is 1. The summed E-state index contributed by atoms with van der Waals surface area (Å²) < 4.78 is 0.862.